The van der Waals surface area contributed by atoms with Crippen LogP contribution in [0.1, 0.15) is 40.1 Å². The molecule has 0 bridgehead atoms. The van der Waals surface area contributed by atoms with Gasteiger partial charge in [0.2, 0.25) is 10.0 Å². The predicted molar refractivity (Wildman–Crippen MR) is 153 cm³/mol. The van der Waals surface area contributed by atoms with Crippen molar-refractivity contribution in [3.8, 4) is 11.5 Å². The SMILES string of the molecule is Cc1cc([C@@H](C)Nc2ccc(Cl)nc2C(=O)NS(C)(=O)=O)c2oc(-c3cc4cn(C)nc4cn3)c(C)c(=O)c2c1. The van der Waals surface area contributed by atoms with Crippen molar-refractivity contribution in [2.24, 2.45) is 7.05 Å². The first-order valence-electron chi connectivity index (χ1n) is 12.1. The standard InChI is InChI=1S/C27H25ClN6O5S/c1-13-8-17(15(3)30-19-6-7-22(28)31-23(19)27(36)33-40(5,37)38)26-18(9-13)24(35)14(2)25(39-26)20-10-16-12-34(4)32-21(16)11-29-20/h6-12,15,30H,1-5H3,(H,33,36)/t15-/m1/s1. The van der Waals surface area contributed by atoms with E-state index in [1.54, 1.807) is 23.9 Å². The molecule has 206 valence electrons. The molecule has 0 saturated heterocycles. The number of anilines is 1. The summed E-state index contributed by atoms with van der Waals surface area (Å²) in [7, 11) is -2.02. The molecule has 1 amide bonds. The molecule has 2 N–H and O–H groups in total. The summed E-state index contributed by atoms with van der Waals surface area (Å²) in [6.07, 6.45) is 4.35. The number of amides is 1. The number of fused-ring (bicyclic) bond motifs is 2. The minimum Gasteiger partial charge on any atom is -0.454 e. The third kappa shape index (κ3) is 5.27. The summed E-state index contributed by atoms with van der Waals surface area (Å²) in [4.78, 5) is 34.7. The molecule has 0 fully saturated rings. The van der Waals surface area contributed by atoms with Gasteiger partial charge < -0.3 is 9.73 Å². The van der Waals surface area contributed by atoms with Crippen molar-refractivity contribution in [1.82, 2.24) is 24.5 Å². The zero-order chi connectivity index (χ0) is 28.9. The molecule has 0 aliphatic carbocycles. The molecule has 4 aromatic heterocycles. The largest absolute Gasteiger partial charge is 0.454 e. The molecule has 0 saturated carbocycles. The lowest BCUT2D eigenvalue weighted by molar-refractivity contribution is 0.0977. The first-order valence-corrected chi connectivity index (χ1v) is 14.4. The number of pyridine rings is 2. The molecular weight excluding hydrogens is 556 g/mol. The van der Waals surface area contributed by atoms with Crippen LogP contribution < -0.4 is 15.5 Å². The highest BCUT2D eigenvalue weighted by atomic mass is 35.5. The summed E-state index contributed by atoms with van der Waals surface area (Å²) in [6, 6.07) is 7.95. The number of carbonyl (C=O) groups is 1. The fraction of sp³-hybridized carbons (Fsp3) is 0.222. The molecule has 1 atom stereocenters. The average molecular weight is 581 g/mol. The Morgan fingerprint density at radius 1 is 1.18 bits per heavy atom. The smallest absolute Gasteiger partial charge is 0.285 e. The average Bonchev–Trinajstić information content (AvgIpc) is 3.25. The second-order valence-corrected chi connectivity index (χ2v) is 11.8. The summed E-state index contributed by atoms with van der Waals surface area (Å²) in [5.41, 5.74) is 3.30. The second kappa shape index (κ2) is 10.0. The van der Waals surface area contributed by atoms with Crippen LogP contribution in [0, 0.1) is 13.8 Å². The molecule has 11 nitrogen and oxygen atoms in total. The number of nitrogens with zero attached hydrogens (tertiary/aromatic N) is 4. The molecule has 0 spiro atoms. The first-order chi connectivity index (χ1) is 18.8. The van der Waals surface area contributed by atoms with Gasteiger partial charge in [0.1, 0.15) is 21.9 Å². The summed E-state index contributed by atoms with van der Waals surface area (Å²) in [5, 5.41) is 8.81. The summed E-state index contributed by atoms with van der Waals surface area (Å²) < 4.78 is 33.3. The molecule has 1 aromatic carbocycles. The monoisotopic (exact) mass is 580 g/mol. The Morgan fingerprint density at radius 2 is 1.93 bits per heavy atom. The van der Waals surface area contributed by atoms with E-state index in [1.165, 1.54) is 12.1 Å². The van der Waals surface area contributed by atoms with Gasteiger partial charge >= 0.3 is 0 Å². The van der Waals surface area contributed by atoms with Gasteiger partial charge in [0.05, 0.1) is 29.6 Å². The lowest BCUT2D eigenvalue weighted by atomic mass is 9.99. The molecule has 4 heterocycles. The van der Waals surface area contributed by atoms with Crippen molar-refractivity contribution in [3.63, 3.8) is 0 Å². The van der Waals surface area contributed by atoms with Crippen LogP contribution in [0.2, 0.25) is 5.15 Å². The van der Waals surface area contributed by atoms with E-state index in [0.29, 0.717) is 39.1 Å². The zero-order valence-electron chi connectivity index (χ0n) is 22.2. The van der Waals surface area contributed by atoms with Crippen LogP contribution >= 0.6 is 11.6 Å². The number of aryl methyl sites for hydroxylation is 2. The summed E-state index contributed by atoms with van der Waals surface area (Å²) >= 11 is 6.00. The van der Waals surface area contributed by atoms with Crippen molar-refractivity contribution < 1.29 is 17.6 Å². The van der Waals surface area contributed by atoms with Gasteiger partial charge in [-0.15, -0.1) is 0 Å². The number of hydrogen-bond donors (Lipinski definition) is 2. The minimum absolute atomic E-state index is 0.0158. The Balaban J connectivity index is 1.62. The maximum Gasteiger partial charge on any atom is 0.285 e. The van der Waals surface area contributed by atoms with Gasteiger partial charge in [-0.2, -0.15) is 5.10 Å². The Bertz CT molecular complexity index is 2000. The molecule has 0 aliphatic rings. The maximum absolute atomic E-state index is 13.5. The number of rotatable bonds is 6. The van der Waals surface area contributed by atoms with Crippen LogP contribution in [0.25, 0.3) is 33.3 Å². The van der Waals surface area contributed by atoms with E-state index in [1.807, 2.05) is 43.9 Å². The Labute approximate surface area is 234 Å². The number of sulfonamides is 1. The van der Waals surface area contributed by atoms with E-state index in [-0.39, 0.29) is 22.0 Å². The number of aromatic nitrogens is 4. The summed E-state index contributed by atoms with van der Waals surface area (Å²) in [5.74, 6) is -0.600. The number of hydrogen-bond acceptors (Lipinski definition) is 9. The van der Waals surface area contributed by atoms with Crippen molar-refractivity contribution >= 4 is 55.1 Å². The quantitative estimate of drug-likeness (QED) is 0.281. The molecule has 13 heteroatoms. The van der Waals surface area contributed by atoms with Gasteiger partial charge in [-0.25, -0.2) is 18.1 Å². The van der Waals surface area contributed by atoms with Gasteiger partial charge in [0, 0.05) is 29.8 Å². The zero-order valence-corrected chi connectivity index (χ0v) is 23.8. The lowest BCUT2D eigenvalue weighted by Crippen LogP contribution is -2.31. The molecule has 5 aromatic rings. The highest BCUT2D eigenvalue weighted by molar-refractivity contribution is 7.89. The van der Waals surface area contributed by atoms with E-state index < -0.39 is 22.0 Å². The van der Waals surface area contributed by atoms with Gasteiger partial charge in [0.15, 0.2) is 16.9 Å². The van der Waals surface area contributed by atoms with Crippen molar-refractivity contribution in [2.45, 2.75) is 26.8 Å². The van der Waals surface area contributed by atoms with E-state index in [2.05, 4.69) is 20.4 Å². The molecular formula is C27H25ClN6O5S. The van der Waals surface area contributed by atoms with Crippen molar-refractivity contribution in [2.75, 3.05) is 11.6 Å². The minimum atomic E-state index is -3.84. The summed E-state index contributed by atoms with van der Waals surface area (Å²) in [6.45, 7) is 5.39. The van der Waals surface area contributed by atoms with Gasteiger partial charge in [0.25, 0.3) is 5.91 Å². The fourth-order valence-electron chi connectivity index (χ4n) is 4.56. The second-order valence-electron chi connectivity index (χ2n) is 9.65. The topological polar surface area (TPSA) is 149 Å². The predicted octanol–water partition coefficient (Wildman–Crippen LogP) is 4.27. The molecule has 5 rings (SSSR count). The fourth-order valence-corrected chi connectivity index (χ4v) is 5.14. The van der Waals surface area contributed by atoms with Gasteiger partial charge in [-0.05, 0) is 50.6 Å². The van der Waals surface area contributed by atoms with E-state index in [0.717, 1.165) is 17.2 Å². The lowest BCUT2D eigenvalue weighted by Gasteiger charge is -2.20. The molecule has 0 aliphatic heterocycles. The van der Waals surface area contributed by atoms with Crippen LogP contribution in [0.4, 0.5) is 5.69 Å². The Hall–Kier alpha value is -4.29. The Kier molecular flexibility index (Phi) is 6.84. The Morgan fingerprint density at radius 3 is 2.65 bits per heavy atom. The number of halogens is 1. The van der Waals surface area contributed by atoms with Crippen LogP contribution in [-0.4, -0.2) is 40.3 Å². The van der Waals surface area contributed by atoms with Gasteiger partial charge in [-0.1, -0.05) is 17.7 Å². The van der Waals surface area contributed by atoms with Crippen LogP contribution in [-0.2, 0) is 17.1 Å². The first kappa shape index (κ1) is 27.3. The third-order valence-electron chi connectivity index (χ3n) is 6.32. The van der Waals surface area contributed by atoms with E-state index in [4.69, 9.17) is 16.0 Å². The molecule has 0 unspecified atom stereocenters. The molecule has 0 radical (unpaired) electrons. The van der Waals surface area contributed by atoms with E-state index >= 15 is 0 Å². The number of carbonyl (C=O) groups excluding carboxylic acids is 1. The third-order valence-corrected chi connectivity index (χ3v) is 7.09. The van der Waals surface area contributed by atoms with Crippen molar-refractivity contribution in [3.05, 3.63) is 80.5 Å². The number of benzene rings is 1. The van der Waals surface area contributed by atoms with Crippen LogP contribution in [0.15, 0.2) is 51.9 Å². The van der Waals surface area contributed by atoms with E-state index in [9.17, 15) is 18.0 Å². The van der Waals surface area contributed by atoms with Crippen LogP contribution in [0.5, 0.6) is 0 Å². The maximum atomic E-state index is 13.5. The van der Waals surface area contributed by atoms with Crippen molar-refractivity contribution in [1.29, 1.82) is 0 Å². The highest BCUT2D eigenvalue weighted by Crippen LogP contribution is 2.33. The highest BCUT2D eigenvalue weighted by Gasteiger charge is 2.23. The molecule has 40 heavy (non-hydrogen) atoms. The van der Waals surface area contributed by atoms with Gasteiger partial charge in [-0.3, -0.25) is 19.3 Å². The van der Waals surface area contributed by atoms with Crippen LogP contribution in [0.3, 0.4) is 0 Å². The number of nitrogens with one attached hydrogen (secondary N) is 2. The normalized spacial score (nSPS) is 12.6.